The van der Waals surface area contributed by atoms with Crippen LogP contribution in [0, 0.1) is 17.0 Å². The van der Waals surface area contributed by atoms with Crippen LogP contribution in [0.1, 0.15) is 46.1 Å². The van der Waals surface area contributed by atoms with Gasteiger partial charge < -0.3 is 14.6 Å². The molecule has 0 aliphatic carbocycles. The minimum Gasteiger partial charge on any atom is -0.381 e. The Hall–Kier alpha value is -4.05. The molecule has 0 spiro atoms. The Morgan fingerprint density at radius 2 is 2.00 bits per heavy atom. The van der Waals surface area contributed by atoms with Gasteiger partial charge in [-0.3, -0.25) is 24.1 Å². The molecule has 2 aliphatic rings. The van der Waals surface area contributed by atoms with E-state index < -0.39 is 4.92 Å². The molecule has 0 saturated carbocycles. The Morgan fingerprint density at radius 1 is 1.20 bits per heavy atom. The van der Waals surface area contributed by atoms with Gasteiger partial charge in [-0.1, -0.05) is 6.07 Å². The van der Waals surface area contributed by atoms with E-state index in [-0.39, 0.29) is 23.1 Å². The first-order valence-corrected chi connectivity index (χ1v) is 11.6. The van der Waals surface area contributed by atoms with Crippen molar-refractivity contribution in [1.82, 2.24) is 14.4 Å². The number of aromatic amines is 1. The summed E-state index contributed by atoms with van der Waals surface area (Å²) in [5.74, 6) is 0.772. The van der Waals surface area contributed by atoms with E-state index >= 15 is 0 Å². The molecule has 1 fully saturated rings. The molecular weight excluding hydrogens is 450 g/mol. The third kappa shape index (κ3) is 3.40. The number of nitro benzene ring substituents is 1. The minimum atomic E-state index is -0.459. The summed E-state index contributed by atoms with van der Waals surface area (Å²) in [5, 5.41) is 11.3. The summed E-state index contributed by atoms with van der Waals surface area (Å²) in [6, 6.07) is 8.23. The molecule has 1 N–H and O–H groups in total. The largest absolute Gasteiger partial charge is 0.381 e. The number of fused-ring (bicyclic) bond motifs is 4. The van der Waals surface area contributed by atoms with Crippen LogP contribution in [-0.2, 0) is 11.2 Å². The van der Waals surface area contributed by atoms with E-state index in [1.807, 2.05) is 17.4 Å². The Morgan fingerprint density at radius 3 is 2.77 bits per heavy atom. The molecule has 4 aromatic rings. The van der Waals surface area contributed by atoms with Crippen LogP contribution < -0.4 is 10.5 Å². The third-order valence-electron chi connectivity index (χ3n) is 7.09. The van der Waals surface area contributed by atoms with Crippen LogP contribution in [-0.4, -0.2) is 45.0 Å². The number of hydrogen-bond donors (Lipinski definition) is 1. The molecule has 0 bridgehead atoms. The van der Waals surface area contributed by atoms with Crippen LogP contribution in [0.3, 0.4) is 0 Å². The fourth-order valence-electron chi connectivity index (χ4n) is 5.26. The molecule has 2 aliphatic heterocycles. The summed E-state index contributed by atoms with van der Waals surface area (Å²) in [4.78, 5) is 46.3. The van der Waals surface area contributed by atoms with Gasteiger partial charge >= 0.3 is 0 Å². The number of hydrogen-bond acceptors (Lipinski definition) is 6. The van der Waals surface area contributed by atoms with Gasteiger partial charge in [0.1, 0.15) is 11.3 Å². The quantitative estimate of drug-likeness (QED) is 0.359. The molecular formula is C25H23N5O5. The topological polar surface area (TPSA) is 123 Å². The Kier molecular flexibility index (Phi) is 4.92. The summed E-state index contributed by atoms with van der Waals surface area (Å²) < 4.78 is 7.39. The summed E-state index contributed by atoms with van der Waals surface area (Å²) >= 11 is 0. The number of imidazole rings is 1. The zero-order chi connectivity index (χ0) is 24.3. The number of aryl methyl sites for hydroxylation is 1. The predicted molar refractivity (Wildman–Crippen MR) is 129 cm³/mol. The number of benzene rings is 2. The molecule has 1 saturated heterocycles. The SMILES string of the molecule is Cc1cc2c(cc1C(=O)N1CCc3ccc([N+](=O)[O-])cc31)[nH]c(=O)c1cnc(C3CCOCC3)n12. The van der Waals surface area contributed by atoms with Crippen molar-refractivity contribution in [2.45, 2.75) is 32.1 Å². The van der Waals surface area contributed by atoms with Gasteiger partial charge in [-0.25, -0.2) is 4.98 Å². The maximum Gasteiger partial charge on any atom is 0.274 e. The zero-order valence-electron chi connectivity index (χ0n) is 19.1. The van der Waals surface area contributed by atoms with Crippen molar-refractivity contribution in [3.8, 4) is 0 Å². The first-order valence-electron chi connectivity index (χ1n) is 11.6. The van der Waals surface area contributed by atoms with Crippen molar-refractivity contribution in [2.24, 2.45) is 0 Å². The average molecular weight is 473 g/mol. The van der Waals surface area contributed by atoms with E-state index in [1.54, 1.807) is 23.2 Å². The maximum atomic E-state index is 13.6. The highest BCUT2D eigenvalue weighted by atomic mass is 16.6. The van der Waals surface area contributed by atoms with Gasteiger partial charge in [0.15, 0.2) is 0 Å². The maximum absolute atomic E-state index is 13.6. The van der Waals surface area contributed by atoms with E-state index in [0.29, 0.717) is 48.5 Å². The Balaban J connectivity index is 1.46. The highest BCUT2D eigenvalue weighted by Crippen LogP contribution is 2.34. The predicted octanol–water partition coefficient (Wildman–Crippen LogP) is 3.49. The van der Waals surface area contributed by atoms with Crippen LogP contribution in [0.4, 0.5) is 11.4 Å². The van der Waals surface area contributed by atoms with Gasteiger partial charge in [0, 0.05) is 43.4 Å². The second-order valence-electron chi connectivity index (χ2n) is 9.14. The highest BCUT2D eigenvalue weighted by Gasteiger charge is 2.29. The van der Waals surface area contributed by atoms with Crippen molar-refractivity contribution in [3.05, 3.63) is 79.5 Å². The van der Waals surface area contributed by atoms with Crippen molar-refractivity contribution in [2.75, 3.05) is 24.7 Å². The van der Waals surface area contributed by atoms with E-state index in [4.69, 9.17) is 4.74 Å². The third-order valence-corrected chi connectivity index (χ3v) is 7.09. The molecule has 6 rings (SSSR count). The molecule has 35 heavy (non-hydrogen) atoms. The number of non-ortho nitro benzene ring substituents is 1. The lowest BCUT2D eigenvalue weighted by Crippen LogP contribution is -2.29. The molecule has 0 unspecified atom stereocenters. The van der Waals surface area contributed by atoms with E-state index in [0.717, 1.165) is 35.3 Å². The van der Waals surface area contributed by atoms with Crippen LogP contribution >= 0.6 is 0 Å². The van der Waals surface area contributed by atoms with Crippen LogP contribution in [0.25, 0.3) is 16.6 Å². The molecule has 10 nitrogen and oxygen atoms in total. The number of rotatable bonds is 3. The zero-order valence-corrected chi connectivity index (χ0v) is 19.1. The van der Waals surface area contributed by atoms with Gasteiger partial charge in [-0.15, -0.1) is 0 Å². The first kappa shape index (κ1) is 21.5. The van der Waals surface area contributed by atoms with Crippen LogP contribution in [0.5, 0.6) is 0 Å². The fraction of sp³-hybridized carbons (Fsp3) is 0.320. The average Bonchev–Trinajstić information content (AvgIpc) is 3.49. The smallest absolute Gasteiger partial charge is 0.274 e. The standard InChI is InChI=1S/C25H23N5O5/c1-14-10-21-19(27-24(31)22-13-26-23(29(21)22)16-5-8-35-9-6-16)12-18(14)25(32)28-7-4-15-2-3-17(30(33)34)11-20(15)28/h2-3,10-13,16H,4-9H2,1H3,(H,27,31). The number of ether oxygens (including phenoxy) is 1. The van der Waals surface area contributed by atoms with Crippen LogP contribution in [0.2, 0.25) is 0 Å². The fourth-order valence-corrected chi connectivity index (χ4v) is 5.26. The van der Waals surface area contributed by atoms with E-state index in [1.165, 1.54) is 12.1 Å². The monoisotopic (exact) mass is 473 g/mol. The highest BCUT2D eigenvalue weighted by molar-refractivity contribution is 6.09. The number of carbonyl (C=O) groups excluding carboxylic acids is 1. The van der Waals surface area contributed by atoms with Crippen LogP contribution in [0.15, 0.2) is 41.3 Å². The lowest BCUT2D eigenvalue weighted by Gasteiger charge is -2.22. The minimum absolute atomic E-state index is 0.0499. The number of aromatic nitrogens is 3. The molecule has 178 valence electrons. The van der Waals surface area contributed by atoms with Crippen molar-refractivity contribution < 1.29 is 14.5 Å². The van der Waals surface area contributed by atoms with Crippen molar-refractivity contribution >= 4 is 33.8 Å². The number of nitrogens with one attached hydrogen (secondary N) is 1. The molecule has 10 heteroatoms. The summed E-state index contributed by atoms with van der Waals surface area (Å²) in [7, 11) is 0. The summed E-state index contributed by atoms with van der Waals surface area (Å²) in [6.45, 7) is 3.62. The Labute approximate surface area is 199 Å². The van der Waals surface area contributed by atoms with Gasteiger partial charge in [-0.2, -0.15) is 0 Å². The molecule has 1 amide bonds. The first-order chi connectivity index (χ1) is 16.9. The normalized spacial score (nSPS) is 16.2. The van der Waals surface area contributed by atoms with Crippen molar-refractivity contribution in [1.29, 1.82) is 0 Å². The number of H-pyrrole nitrogens is 1. The molecule has 4 heterocycles. The van der Waals surface area contributed by atoms with E-state index in [9.17, 15) is 19.7 Å². The second kappa shape index (κ2) is 8.02. The molecule has 0 atom stereocenters. The number of anilines is 1. The van der Waals surface area contributed by atoms with E-state index in [2.05, 4.69) is 9.97 Å². The summed E-state index contributed by atoms with van der Waals surface area (Å²) in [6.07, 6.45) is 3.91. The van der Waals surface area contributed by atoms with Gasteiger partial charge in [0.25, 0.3) is 17.2 Å². The number of amides is 1. The number of nitro groups is 1. The number of carbonyl (C=O) groups is 1. The Bertz CT molecular complexity index is 1580. The number of nitrogens with zero attached hydrogens (tertiary/aromatic N) is 4. The van der Waals surface area contributed by atoms with Gasteiger partial charge in [0.05, 0.1) is 27.8 Å². The molecule has 0 radical (unpaired) electrons. The van der Waals surface area contributed by atoms with Crippen molar-refractivity contribution in [3.63, 3.8) is 0 Å². The lowest BCUT2D eigenvalue weighted by atomic mass is 9.99. The molecule has 2 aromatic heterocycles. The molecule has 2 aromatic carbocycles. The second-order valence-corrected chi connectivity index (χ2v) is 9.14. The lowest BCUT2D eigenvalue weighted by molar-refractivity contribution is -0.384. The van der Waals surface area contributed by atoms with Gasteiger partial charge in [-0.05, 0) is 49.4 Å². The summed E-state index contributed by atoms with van der Waals surface area (Å²) in [5.41, 5.74) is 4.13. The van der Waals surface area contributed by atoms with Gasteiger partial charge in [0.2, 0.25) is 0 Å².